The fraction of sp³-hybridized carbons (Fsp3) is 0.500. The Hall–Kier alpha value is -1.09. The molecule has 15 heavy (non-hydrogen) atoms. The molecule has 2 N–H and O–H groups in total. The predicted molar refractivity (Wildman–Crippen MR) is 55.1 cm³/mol. The SMILES string of the molecule is N[C@@H]1CC(C2CC2)Oc2ccc(F)cc21. The summed E-state index contributed by atoms with van der Waals surface area (Å²) in [5.41, 5.74) is 6.84. The molecule has 0 saturated heterocycles. The van der Waals surface area contributed by atoms with Crippen molar-refractivity contribution in [1.82, 2.24) is 0 Å². The third-order valence-electron chi connectivity index (χ3n) is 3.28. The third-order valence-corrected chi connectivity index (χ3v) is 3.28. The number of nitrogens with two attached hydrogens (primary N) is 1. The van der Waals surface area contributed by atoms with Crippen molar-refractivity contribution >= 4 is 0 Å². The van der Waals surface area contributed by atoms with E-state index in [0.717, 1.165) is 17.7 Å². The zero-order valence-corrected chi connectivity index (χ0v) is 8.45. The molecule has 0 amide bonds. The van der Waals surface area contributed by atoms with Crippen molar-refractivity contribution in [3.63, 3.8) is 0 Å². The van der Waals surface area contributed by atoms with Crippen LogP contribution in [0.15, 0.2) is 18.2 Å². The van der Waals surface area contributed by atoms with Gasteiger partial charge in [-0.15, -0.1) is 0 Å². The molecule has 2 atom stereocenters. The molecule has 0 aromatic heterocycles. The van der Waals surface area contributed by atoms with E-state index in [0.29, 0.717) is 5.92 Å². The summed E-state index contributed by atoms with van der Waals surface area (Å²) in [4.78, 5) is 0. The monoisotopic (exact) mass is 207 g/mol. The number of halogens is 1. The van der Waals surface area contributed by atoms with Gasteiger partial charge in [-0.25, -0.2) is 4.39 Å². The van der Waals surface area contributed by atoms with E-state index in [2.05, 4.69) is 0 Å². The molecule has 80 valence electrons. The average molecular weight is 207 g/mol. The Morgan fingerprint density at radius 2 is 2.13 bits per heavy atom. The molecule has 0 bridgehead atoms. The van der Waals surface area contributed by atoms with E-state index >= 15 is 0 Å². The molecule has 1 aliphatic carbocycles. The van der Waals surface area contributed by atoms with E-state index in [1.165, 1.54) is 25.0 Å². The summed E-state index contributed by atoms with van der Waals surface area (Å²) in [6.07, 6.45) is 3.56. The van der Waals surface area contributed by atoms with E-state index in [1.54, 1.807) is 6.07 Å². The lowest BCUT2D eigenvalue weighted by molar-refractivity contribution is 0.138. The van der Waals surface area contributed by atoms with Gasteiger partial charge in [0.25, 0.3) is 0 Å². The Balaban J connectivity index is 1.93. The molecular weight excluding hydrogens is 193 g/mol. The molecule has 1 aromatic rings. The molecule has 0 spiro atoms. The summed E-state index contributed by atoms with van der Waals surface area (Å²) in [7, 11) is 0. The van der Waals surface area contributed by atoms with E-state index in [4.69, 9.17) is 10.5 Å². The minimum absolute atomic E-state index is 0.0740. The maximum Gasteiger partial charge on any atom is 0.124 e. The molecule has 1 saturated carbocycles. The summed E-state index contributed by atoms with van der Waals surface area (Å²) in [6, 6.07) is 4.54. The lowest BCUT2D eigenvalue weighted by atomic mass is 9.95. The van der Waals surface area contributed by atoms with Crippen molar-refractivity contribution in [3.05, 3.63) is 29.6 Å². The van der Waals surface area contributed by atoms with Crippen LogP contribution < -0.4 is 10.5 Å². The average Bonchev–Trinajstić information content (AvgIpc) is 3.02. The van der Waals surface area contributed by atoms with Gasteiger partial charge in [0.2, 0.25) is 0 Å². The third kappa shape index (κ3) is 1.61. The fourth-order valence-corrected chi connectivity index (χ4v) is 2.26. The number of hydrogen-bond acceptors (Lipinski definition) is 2. The number of fused-ring (bicyclic) bond motifs is 1. The van der Waals surface area contributed by atoms with Gasteiger partial charge < -0.3 is 10.5 Å². The van der Waals surface area contributed by atoms with Crippen molar-refractivity contribution < 1.29 is 9.13 Å². The lowest BCUT2D eigenvalue weighted by Gasteiger charge is -2.30. The second-order valence-corrected chi connectivity index (χ2v) is 4.52. The van der Waals surface area contributed by atoms with Gasteiger partial charge in [-0.3, -0.25) is 0 Å². The Kier molecular flexibility index (Phi) is 1.96. The highest BCUT2D eigenvalue weighted by molar-refractivity contribution is 5.38. The normalized spacial score (nSPS) is 29.5. The van der Waals surface area contributed by atoms with Crippen LogP contribution in [0.25, 0.3) is 0 Å². The highest BCUT2D eigenvalue weighted by atomic mass is 19.1. The van der Waals surface area contributed by atoms with Crippen LogP contribution in [0.5, 0.6) is 5.75 Å². The molecule has 2 nitrogen and oxygen atoms in total. The molecule has 3 rings (SSSR count). The fourth-order valence-electron chi connectivity index (χ4n) is 2.26. The van der Waals surface area contributed by atoms with Crippen LogP contribution in [0, 0.1) is 11.7 Å². The first kappa shape index (κ1) is 9.16. The molecule has 0 radical (unpaired) electrons. The van der Waals surface area contributed by atoms with E-state index in [-0.39, 0.29) is 18.0 Å². The highest BCUT2D eigenvalue weighted by Gasteiger charge is 2.37. The van der Waals surface area contributed by atoms with Gasteiger partial charge in [0.1, 0.15) is 17.7 Å². The van der Waals surface area contributed by atoms with Gasteiger partial charge in [-0.2, -0.15) is 0 Å². The van der Waals surface area contributed by atoms with Crippen molar-refractivity contribution in [1.29, 1.82) is 0 Å². The summed E-state index contributed by atoms with van der Waals surface area (Å²) in [5, 5.41) is 0. The lowest BCUT2D eigenvalue weighted by Crippen LogP contribution is -2.31. The van der Waals surface area contributed by atoms with Gasteiger partial charge in [0.15, 0.2) is 0 Å². The van der Waals surface area contributed by atoms with Crippen LogP contribution >= 0.6 is 0 Å². The summed E-state index contributed by atoms with van der Waals surface area (Å²) < 4.78 is 18.9. The Bertz CT molecular complexity index is 389. The standard InChI is InChI=1S/C12H14FNO/c13-8-3-4-11-9(5-8)10(14)6-12(15-11)7-1-2-7/h3-5,7,10,12H,1-2,6,14H2/t10-,12?/m1/s1. The molecule has 1 aromatic carbocycles. The maximum atomic E-state index is 13.0. The van der Waals surface area contributed by atoms with Crippen LogP contribution in [0.3, 0.4) is 0 Å². The van der Waals surface area contributed by atoms with Crippen molar-refractivity contribution in [2.75, 3.05) is 0 Å². The molecule has 3 heteroatoms. The molecule has 1 aliphatic heterocycles. The van der Waals surface area contributed by atoms with Crippen LogP contribution in [0.1, 0.15) is 30.9 Å². The van der Waals surface area contributed by atoms with Gasteiger partial charge in [-0.05, 0) is 37.0 Å². The maximum absolute atomic E-state index is 13.0. The van der Waals surface area contributed by atoms with Gasteiger partial charge in [-0.1, -0.05) is 0 Å². The Morgan fingerprint density at radius 3 is 2.87 bits per heavy atom. The number of hydrogen-bond donors (Lipinski definition) is 1. The van der Waals surface area contributed by atoms with Crippen LogP contribution in [0.2, 0.25) is 0 Å². The number of benzene rings is 1. The molecular formula is C12H14FNO. The van der Waals surface area contributed by atoms with Crippen LogP contribution in [-0.4, -0.2) is 6.10 Å². The Labute approximate surface area is 88.2 Å². The first-order valence-corrected chi connectivity index (χ1v) is 5.46. The number of rotatable bonds is 1. The van der Waals surface area contributed by atoms with Crippen molar-refractivity contribution in [3.8, 4) is 5.75 Å². The minimum atomic E-state index is -0.238. The summed E-state index contributed by atoms with van der Waals surface area (Å²) in [5.74, 6) is 1.21. The highest BCUT2D eigenvalue weighted by Crippen LogP contribution is 2.43. The first-order chi connectivity index (χ1) is 7.24. The summed E-state index contributed by atoms with van der Waals surface area (Å²) in [6.45, 7) is 0. The van der Waals surface area contributed by atoms with E-state index in [9.17, 15) is 4.39 Å². The predicted octanol–water partition coefficient (Wildman–Crippen LogP) is 2.39. The van der Waals surface area contributed by atoms with Crippen LogP contribution in [0.4, 0.5) is 4.39 Å². The van der Waals surface area contributed by atoms with E-state index in [1.807, 2.05) is 0 Å². The molecule has 1 heterocycles. The zero-order chi connectivity index (χ0) is 10.4. The van der Waals surface area contributed by atoms with E-state index < -0.39 is 0 Å². The number of ether oxygens (including phenoxy) is 1. The van der Waals surface area contributed by atoms with Gasteiger partial charge >= 0.3 is 0 Å². The summed E-state index contributed by atoms with van der Waals surface area (Å²) >= 11 is 0. The quantitative estimate of drug-likeness (QED) is 0.767. The molecule has 1 unspecified atom stereocenters. The largest absolute Gasteiger partial charge is 0.490 e. The van der Waals surface area contributed by atoms with Crippen molar-refractivity contribution in [2.45, 2.75) is 31.4 Å². The van der Waals surface area contributed by atoms with Gasteiger partial charge in [0, 0.05) is 18.0 Å². The second-order valence-electron chi connectivity index (χ2n) is 4.52. The van der Waals surface area contributed by atoms with Crippen molar-refractivity contribution in [2.24, 2.45) is 11.7 Å². The topological polar surface area (TPSA) is 35.2 Å². The van der Waals surface area contributed by atoms with Crippen LogP contribution in [-0.2, 0) is 0 Å². The second kappa shape index (κ2) is 3.20. The van der Waals surface area contributed by atoms with Gasteiger partial charge in [0.05, 0.1) is 0 Å². The molecule has 2 aliphatic rings. The Morgan fingerprint density at radius 1 is 1.33 bits per heavy atom. The zero-order valence-electron chi connectivity index (χ0n) is 8.45. The molecule has 1 fully saturated rings. The minimum Gasteiger partial charge on any atom is -0.490 e. The first-order valence-electron chi connectivity index (χ1n) is 5.46. The smallest absolute Gasteiger partial charge is 0.124 e.